The number of ether oxygens (including phenoxy) is 1. The summed E-state index contributed by atoms with van der Waals surface area (Å²) in [6.07, 6.45) is 1.52. The van der Waals surface area contributed by atoms with E-state index in [0.717, 1.165) is 6.26 Å². The average Bonchev–Trinajstić information content (AvgIpc) is 2.73. The molecule has 0 saturated heterocycles. The summed E-state index contributed by atoms with van der Waals surface area (Å²) in [7, 11) is -3.11. The number of hydrogen-bond donors (Lipinski definition) is 1. The summed E-state index contributed by atoms with van der Waals surface area (Å²) in [5, 5.41) is 9.02. The summed E-state index contributed by atoms with van der Waals surface area (Å²) >= 11 is 0. The van der Waals surface area contributed by atoms with Crippen molar-refractivity contribution in [2.75, 3.05) is 25.2 Å². The zero-order valence-corrected chi connectivity index (χ0v) is 9.71. The largest absolute Gasteiger partial charge is 0.481 e. The van der Waals surface area contributed by atoms with Gasteiger partial charge in [-0.25, -0.2) is 8.42 Å². The standard InChI is InChI=1S/C9H16O5S/c1-3-14-6-9(8(10)11)4-7(9)5-15(2,12)13/h7H,3-6H2,1-2H3,(H,10,11)/t7-,9+/m1/s1. The van der Waals surface area contributed by atoms with E-state index in [2.05, 4.69) is 0 Å². The maximum atomic E-state index is 11.0. The Hall–Kier alpha value is -0.620. The lowest BCUT2D eigenvalue weighted by Crippen LogP contribution is -2.26. The van der Waals surface area contributed by atoms with Crippen molar-refractivity contribution in [1.29, 1.82) is 0 Å². The molecule has 5 nitrogen and oxygen atoms in total. The van der Waals surface area contributed by atoms with Crippen molar-refractivity contribution < 1.29 is 23.1 Å². The molecule has 0 amide bonds. The minimum atomic E-state index is -3.11. The number of rotatable bonds is 6. The molecule has 0 bridgehead atoms. The minimum absolute atomic E-state index is 0.0631. The Bertz CT molecular complexity index is 348. The lowest BCUT2D eigenvalue weighted by Gasteiger charge is -2.11. The van der Waals surface area contributed by atoms with Crippen molar-refractivity contribution in [1.82, 2.24) is 0 Å². The van der Waals surface area contributed by atoms with E-state index < -0.39 is 21.2 Å². The fourth-order valence-electron chi connectivity index (χ4n) is 1.75. The molecule has 0 aromatic heterocycles. The van der Waals surface area contributed by atoms with Gasteiger partial charge in [-0.05, 0) is 19.3 Å². The van der Waals surface area contributed by atoms with Gasteiger partial charge in [0.05, 0.1) is 17.8 Å². The molecule has 1 saturated carbocycles. The number of carbonyl (C=O) groups is 1. The Balaban J connectivity index is 2.62. The van der Waals surface area contributed by atoms with Crippen LogP contribution in [0.15, 0.2) is 0 Å². The highest BCUT2D eigenvalue weighted by Crippen LogP contribution is 2.53. The van der Waals surface area contributed by atoms with E-state index in [1.54, 1.807) is 6.92 Å². The highest BCUT2D eigenvalue weighted by molar-refractivity contribution is 7.90. The van der Waals surface area contributed by atoms with Gasteiger partial charge in [-0.3, -0.25) is 4.79 Å². The predicted molar refractivity (Wildman–Crippen MR) is 54.4 cm³/mol. The van der Waals surface area contributed by atoms with Crippen LogP contribution >= 0.6 is 0 Å². The monoisotopic (exact) mass is 236 g/mol. The average molecular weight is 236 g/mol. The van der Waals surface area contributed by atoms with Gasteiger partial charge in [0.1, 0.15) is 9.84 Å². The summed E-state index contributed by atoms with van der Waals surface area (Å²) in [4.78, 5) is 11.0. The van der Waals surface area contributed by atoms with Gasteiger partial charge in [0.15, 0.2) is 0 Å². The first-order chi connectivity index (χ1) is 6.82. The topological polar surface area (TPSA) is 80.7 Å². The number of carboxylic acid groups (broad SMARTS) is 1. The molecule has 0 aromatic rings. The maximum Gasteiger partial charge on any atom is 0.312 e. The Morgan fingerprint density at radius 2 is 2.20 bits per heavy atom. The first-order valence-corrected chi connectivity index (χ1v) is 6.87. The number of hydrogen-bond acceptors (Lipinski definition) is 4. The summed E-state index contributed by atoms with van der Waals surface area (Å²) in [6, 6.07) is 0. The summed E-state index contributed by atoms with van der Waals surface area (Å²) in [6.45, 7) is 2.34. The number of sulfone groups is 1. The van der Waals surface area contributed by atoms with E-state index >= 15 is 0 Å². The molecule has 0 unspecified atom stereocenters. The van der Waals surface area contributed by atoms with Crippen molar-refractivity contribution >= 4 is 15.8 Å². The molecule has 0 aliphatic heterocycles. The minimum Gasteiger partial charge on any atom is -0.481 e. The molecule has 15 heavy (non-hydrogen) atoms. The van der Waals surface area contributed by atoms with E-state index in [1.807, 2.05) is 0 Å². The third-order valence-corrected chi connectivity index (χ3v) is 3.73. The van der Waals surface area contributed by atoms with E-state index in [4.69, 9.17) is 9.84 Å². The van der Waals surface area contributed by atoms with Gasteiger partial charge < -0.3 is 9.84 Å². The van der Waals surface area contributed by atoms with Crippen LogP contribution in [0.2, 0.25) is 0 Å². The van der Waals surface area contributed by atoms with Crippen molar-refractivity contribution in [3.8, 4) is 0 Å². The van der Waals surface area contributed by atoms with Gasteiger partial charge in [-0.15, -0.1) is 0 Å². The molecule has 88 valence electrons. The summed E-state index contributed by atoms with van der Waals surface area (Å²) in [5.41, 5.74) is -0.959. The van der Waals surface area contributed by atoms with E-state index in [-0.39, 0.29) is 18.3 Å². The van der Waals surface area contributed by atoms with Gasteiger partial charge in [0, 0.05) is 12.9 Å². The lowest BCUT2D eigenvalue weighted by atomic mass is 10.1. The van der Waals surface area contributed by atoms with Crippen molar-refractivity contribution in [3.63, 3.8) is 0 Å². The number of carboxylic acids is 1. The van der Waals surface area contributed by atoms with Crippen molar-refractivity contribution in [3.05, 3.63) is 0 Å². The van der Waals surface area contributed by atoms with Gasteiger partial charge in [0.25, 0.3) is 0 Å². The van der Waals surface area contributed by atoms with Crippen LogP contribution in [0.3, 0.4) is 0 Å². The zero-order chi connectivity index (χ0) is 11.7. The Kier molecular flexibility index (Phi) is 3.40. The molecule has 2 atom stereocenters. The van der Waals surface area contributed by atoms with Crippen LogP contribution in [0.1, 0.15) is 13.3 Å². The van der Waals surface area contributed by atoms with E-state index in [9.17, 15) is 13.2 Å². The summed E-state index contributed by atoms with van der Waals surface area (Å²) < 4.78 is 27.2. The number of aliphatic carboxylic acids is 1. The molecule has 1 fully saturated rings. The fourth-order valence-corrected chi connectivity index (χ4v) is 2.92. The third-order valence-electron chi connectivity index (χ3n) is 2.73. The van der Waals surface area contributed by atoms with Crippen LogP contribution < -0.4 is 0 Å². The molecular weight excluding hydrogens is 220 g/mol. The summed E-state index contributed by atoms with van der Waals surface area (Å²) in [5.74, 6) is -1.31. The second-order valence-corrected chi connectivity index (χ2v) is 6.28. The molecule has 0 radical (unpaired) electrons. The second-order valence-electron chi connectivity index (χ2n) is 4.09. The van der Waals surface area contributed by atoms with Crippen molar-refractivity contribution in [2.24, 2.45) is 11.3 Å². The van der Waals surface area contributed by atoms with Crippen LogP contribution in [-0.4, -0.2) is 44.7 Å². The van der Waals surface area contributed by atoms with Crippen LogP contribution in [0, 0.1) is 11.3 Å². The second kappa shape index (κ2) is 4.09. The molecule has 1 aliphatic carbocycles. The van der Waals surface area contributed by atoms with Crippen LogP contribution in [0.5, 0.6) is 0 Å². The van der Waals surface area contributed by atoms with Crippen LogP contribution in [0.25, 0.3) is 0 Å². The fraction of sp³-hybridized carbons (Fsp3) is 0.889. The molecule has 1 rings (SSSR count). The van der Waals surface area contributed by atoms with Crippen molar-refractivity contribution in [2.45, 2.75) is 13.3 Å². The Morgan fingerprint density at radius 3 is 2.60 bits per heavy atom. The highest BCUT2D eigenvalue weighted by Gasteiger charge is 2.61. The van der Waals surface area contributed by atoms with Gasteiger partial charge in [-0.1, -0.05) is 0 Å². The zero-order valence-electron chi connectivity index (χ0n) is 8.89. The molecule has 6 heteroatoms. The predicted octanol–water partition coefficient (Wildman–Crippen LogP) is 0.158. The first-order valence-electron chi connectivity index (χ1n) is 4.80. The Labute approximate surface area is 89.3 Å². The smallest absolute Gasteiger partial charge is 0.312 e. The van der Waals surface area contributed by atoms with Gasteiger partial charge >= 0.3 is 5.97 Å². The molecule has 0 aromatic carbocycles. The van der Waals surface area contributed by atoms with Gasteiger partial charge in [0.2, 0.25) is 0 Å². The molecule has 0 spiro atoms. The molecule has 1 N–H and O–H groups in total. The molecule has 0 heterocycles. The van der Waals surface area contributed by atoms with Crippen LogP contribution in [0.4, 0.5) is 0 Å². The highest BCUT2D eigenvalue weighted by atomic mass is 32.2. The molecule has 1 aliphatic rings. The first kappa shape index (κ1) is 12.4. The van der Waals surface area contributed by atoms with Crippen LogP contribution in [-0.2, 0) is 19.4 Å². The van der Waals surface area contributed by atoms with E-state index in [1.165, 1.54) is 0 Å². The lowest BCUT2D eigenvalue weighted by molar-refractivity contribution is -0.146. The molecular formula is C9H16O5S. The third kappa shape index (κ3) is 2.92. The quantitative estimate of drug-likeness (QED) is 0.710. The normalized spacial score (nSPS) is 30.1. The van der Waals surface area contributed by atoms with E-state index in [0.29, 0.717) is 13.0 Å². The SMILES string of the molecule is CCOC[C@@]1(C(=O)O)C[C@@H]1CS(C)(=O)=O. The Morgan fingerprint density at radius 1 is 1.60 bits per heavy atom. The maximum absolute atomic E-state index is 11.0. The van der Waals surface area contributed by atoms with Gasteiger partial charge in [-0.2, -0.15) is 0 Å².